The summed E-state index contributed by atoms with van der Waals surface area (Å²) in [6.45, 7) is 4.77. The van der Waals surface area contributed by atoms with Crippen LogP contribution in [0.1, 0.15) is 22.9 Å². The average molecular weight is 541 g/mol. The van der Waals surface area contributed by atoms with Crippen molar-refractivity contribution in [2.45, 2.75) is 24.4 Å². The quantitative estimate of drug-likeness (QED) is 0.284. The molecule has 4 aromatic rings. The van der Waals surface area contributed by atoms with Crippen LogP contribution in [0.4, 0.5) is 5.69 Å². The normalized spacial score (nSPS) is 16.9. The predicted molar refractivity (Wildman–Crippen MR) is 146 cm³/mol. The first kappa shape index (κ1) is 24.9. The average Bonchev–Trinajstić information content (AvgIpc) is 3.34. The van der Waals surface area contributed by atoms with Gasteiger partial charge in [0.05, 0.1) is 21.6 Å². The Bertz CT molecular complexity index is 1450. The molecule has 0 saturated carbocycles. The SMILES string of the molecule is Cc1ccc(N2CCN(Cc3cccn3S(=O)(=O)c3ccccc3)CC2c2ccc(Cl)cc2)c(Cl)c1. The van der Waals surface area contributed by atoms with Crippen LogP contribution in [0.3, 0.4) is 0 Å². The number of hydrogen-bond acceptors (Lipinski definition) is 4. The van der Waals surface area contributed by atoms with Gasteiger partial charge >= 0.3 is 0 Å². The van der Waals surface area contributed by atoms with Crippen LogP contribution in [0.15, 0.2) is 96.0 Å². The van der Waals surface area contributed by atoms with Crippen LogP contribution >= 0.6 is 23.2 Å². The second-order valence-electron chi connectivity index (χ2n) is 9.06. The smallest absolute Gasteiger partial charge is 0.267 e. The molecule has 1 fully saturated rings. The summed E-state index contributed by atoms with van der Waals surface area (Å²) in [5.41, 5.74) is 3.98. The van der Waals surface area contributed by atoms with Crippen molar-refractivity contribution in [3.05, 3.63) is 118 Å². The van der Waals surface area contributed by atoms with Crippen molar-refractivity contribution >= 4 is 38.9 Å². The van der Waals surface area contributed by atoms with Gasteiger partial charge in [0.1, 0.15) is 0 Å². The lowest BCUT2D eigenvalue weighted by Gasteiger charge is -2.43. The summed E-state index contributed by atoms with van der Waals surface area (Å²) < 4.78 is 28.0. The van der Waals surface area contributed by atoms with Gasteiger partial charge in [-0.05, 0) is 66.6 Å². The molecule has 0 bridgehead atoms. The molecule has 1 aliphatic heterocycles. The first-order valence-electron chi connectivity index (χ1n) is 11.8. The minimum Gasteiger partial charge on any atom is -0.361 e. The Balaban J connectivity index is 1.44. The minimum atomic E-state index is -3.66. The monoisotopic (exact) mass is 539 g/mol. The number of rotatable bonds is 6. The number of aryl methyl sites for hydroxylation is 1. The van der Waals surface area contributed by atoms with E-state index in [1.807, 2.05) is 49.4 Å². The summed E-state index contributed by atoms with van der Waals surface area (Å²) in [6.07, 6.45) is 1.62. The maximum absolute atomic E-state index is 13.3. The highest BCUT2D eigenvalue weighted by Crippen LogP contribution is 2.36. The van der Waals surface area contributed by atoms with E-state index in [1.54, 1.807) is 36.5 Å². The summed E-state index contributed by atoms with van der Waals surface area (Å²) in [5.74, 6) is 0. The van der Waals surface area contributed by atoms with Gasteiger partial charge in [0.25, 0.3) is 10.0 Å². The lowest BCUT2D eigenvalue weighted by Crippen LogP contribution is -2.48. The largest absolute Gasteiger partial charge is 0.361 e. The molecule has 186 valence electrons. The predicted octanol–water partition coefficient (Wildman–Crippen LogP) is 6.40. The number of aromatic nitrogens is 1. The van der Waals surface area contributed by atoms with Crippen LogP contribution in [0, 0.1) is 6.92 Å². The molecule has 36 heavy (non-hydrogen) atoms. The molecule has 0 amide bonds. The third-order valence-electron chi connectivity index (χ3n) is 6.61. The molecule has 5 rings (SSSR count). The number of benzene rings is 3. The number of halogens is 2. The van der Waals surface area contributed by atoms with E-state index >= 15 is 0 Å². The van der Waals surface area contributed by atoms with Crippen molar-refractivity contribution in [1.29, 1.82) is 0 Å². The number of hydrogen-bond donors (Lipinski definition) is 0. The topological polar surface area (TPSA) is 45.5 Å². The lowest BCUT2D eigenvalue weighted by molar-refractivity contribution is 0.213. The molecule has 2 heterocycles. The first-order valence-corrected chi connectivity index (χ1v) is 14.0. The summed E-state index contributed by atoms with van der Waals surface area (Å²) in [5, 5.41) is 1.42. The molecule has 8 heteroatoms. The Labute approximate surface area is 222 Å². The van der Waals surface area contributed by atoms with Crippen LogP contribution < -0.4 is 4.90 Å². The fourth-order valence-electron chi connectivity index (χ4n) is 4.78. The molecule has 1 aromatic heterocycles. The van der Waals surface area contributed by atoms with E-state index in [0.717, 1.165) is 40.6 Å². The standard InChI is InChI=1S/C28H27Cl2N3O2S/c1-21-9-14-27(26(30)18-21)32-17-16-31(20-28(32)22-10-12-23(29)13-11-22)19-24-6-5-15-33(24)36(34,35)25-7-3-2-4-8-25/h2-15,18,28H,16-17,19-20H2,1H3. The first-order chi connectivity index (χ1) is 17.3. The maximum atomic E-state index is 13.3. The van der Waals surface area contributed by atoms with Gasteiger partial charge in [-0.2, -0.15) is 0 Å². The molecule has 3 aromatic carbocycles. The minimum absolute atomic E-state index is 0.0327. The summed E-state index contributed by atoms with van der Waals surface area (Å²) in [7, 11) is -3.66. The van der Waals surface area contributed by atoms with Gasteiger partial charge in [-0.15, -0.1) is 0 Å². The highest BCUT2D eigenvalue weighted by molar-refractivity contribution is 7.90. The Morgan fingerprint density at radius 1 is 0.889 bits per heavy atom. The van der Waals surface area contributed by atoms with Gasteiger partial charge in [0.15, 0.2) is 0 Å². The van der Waals surface area contributed by atoms with Crippen LogP contribution in [-0.2, 0) is 16.6 Å². The number of nitrogens with zero attached hydrogens (tertiary/aromatic N) is 3. The summed E-state index contributed by atoms with van der Waals surface area (Å²) in [4.78, 5) is 4.91. The zero-order valence-corrected chi connectivity index (χ0v) is 22.2. The van der Waals surface area contributed by atoms with Gasteiger partial charge in [0.2, 0.25) is 0 Å². The van der Waals surface area contributed by atoms with Gasteiger partial charge in [-0.25, -0.2) is 12.4 Å². The molecule has 5 nitrogen and oxygen atoms in total. The molecule has 0 aliphatic carbocycles. The van der Waals surface area contributed by atoms with Crippen LogP contribution in [0.5, 0.6) is 0 Å². The van der Waals surface area contributed by atoms with Crippen molar-refractivity contribution < 1.29 is 8.42 Å². The van der Waals surface area contributed by atoms with Gasteiger partial charge in [0, 0.05) is 43.1 Å². The van der Waals surface area contributed by atoms with Crippen molar-refractivity contribution in [3.63, 3.8) is 0 Å². The second-order valence-corrected chi connectivity index (χ2v) is 11.7. The van der Waals surface area contributed by atoms with Gasteiger partial charge < -0.3 is 4.90 Å². The number of piperazine rings is 1. The number of anilines is 1. The zero-order chi connectivity index (χ0) is 25.3. The second kappa shape index (κ2) is 10.3. The molecular formula is C28H27Cl2N3O2S. The molecule has 1 aliphatic rings. The molecule has 0 N–H and O–H groups in total. The van der Waals surface area contributed by atoms with E-state index in [1.165, 1.54) is 3.97 Å². The zero-order valence-electron chi connectivity index (χ0n) is 19.9. The third kappa shape index (κ3) is 5.04. The van der Waals surface area contributed by atoms with E-state index in [4.69, 9.17) is 23.2 Å². The maximum Gasteiger partial charge on any atom is 0.267 e. The Morgan fingerprint density at radius 3 is 2.36 bits per heavy atom. The molecular weight excluding hydrogens is 513 g/mol. The fraction of sp³-hybridized carbons (Fsp3) is 0.214. The summed E-state index contributed by atoms with van der Waals surface area (Å²) in [6, 6.07) is 26.3. The lowest BCUT2D eigenvalue weighted by atomic mass is 10.0. The Hall–Kier alpha value is -2.77. The summed E-state index contributed by atoms with van der Waals surface area (Å²) >= 11 is 12.9. The Morgan fingerprint density at radius 2 is 1.64 bits per heavy atom. The molecule has 1 unspecified atom stereocenters. The Kier molecular flexibility index (Phi) is 7.13. The van der Waals surface area contributed by atoms with E-state index in [-0.39, 0.29) is 10.9 Å². The van der Waals surface area contributed by atoms with Crippen molar-refractivity contribution in [2.75, 3.05) is 24.5 Å². The van der Waals surface area contributed by atoms with Crippen LogP contribution in [0.2, 0.25) is 10.0 Å². The highest BCUT2D eigenvalue weighted by Gasteiger charge is 2.31. The molecule has 0 spiro atoms. The van der Waals surface area contributed by atoms with Crippen LogP contribution in [-0.4, -0.2) is 36.9 Å². The molecule has 1 saturated heterocycles. The van der Waals surface area contributed by atoms with Crippen molar-refractivity contribution in [3.8, 4) is 0 Å². The van der Waals surface area contributed by atoms with Gasteiger partial charge in [-0.1, -0.05) is 59.6 Å². The van der Waals surface area contributed by atoms with E-state index < -0.39 is 10.0 Å². The molecule has 1 atom stereocenters. The van der Waals surface area contributed by atoms with E-state index in [2.05, 4.69) is 21.9 Å². The van der Waals surface area contributed by atoms with Crippen molar-refractivity contribution in [1.82, 2.24) is 8.87 Å². The van der Waals surface area contributed by atoms with E-state index in [9.17, 15) is 8.42 Å². The van der Waals surface area contributed by atoms with Gasteiger partial charge in [-0.3, -0.25) is 4.90 Å². The van der Waals surface area contributed by atoms with Crippen molar-refractivity contribution in [2.24, 2.45) is 0 Å². The molecule has 0 radical (unpaired) electrons. The fourth-order valence-corrected chi connectivity index (χ4v) is 6.64. The van der Waals surface area contributed by atoms with Crippen LogP contribution in [0.25, 0.3) is 0 Å². The highest BCUT2D eigenvalue weighted by atomic mass is 35.5. The third-order valence-corrected chi connectivity index (χ3v) is 8.91. The van der Waals surface area contributed by atoms with E-state index in [0.29, 0.717) is 18.1 Å².